The minimum absolute atomic E-state index is 0.140. The van der Waals surface area contributed by atoms with Crippen molar-refractivity contribution in [2.75, 3.05) is 6.54 Å². The van der Waals surface area contributed by atoms with Crippen LogP contribution >= 0.6 is 0 Å². The topological polar surface area (TPSA) is 88.7 Å². The molecule has 250 valence electrons. The number of benzene rings is 3. The van der Waals surface area contributed by atoms with Crippen molar-refractivity contribution in [2.24, 2.45) is 5.92 Å². The number of halogens is 2. The van der Waals surface area contributed by atoms with Gasteiger partial charge in [0.05, 0.1) is 0 Å². The van der Waals surface area contributed by atoms with Gasteiger partial charge >= 0.3 is 12.2 Å². The molecule has 0 radical (unpaired) electrons. The van der Waals surface area contributed by atoms with Gasteiger partial charge in [0.15, 0.2) is 0 Å². The zero-order valence-electron chi connectivity index (χ0n) is 28.3. The summed E-state index contributed by atoms with van der Waals surface area (Å²) in [4.78, 5) is 25.3. The van der Waals surface area contributed by atoms with Gasteiger partial charge in [-0.05, 0) is 131 Å². The zero-order chi connectivity index (χ0) is 34.1. The smallest absolute Gasteiger partial charge is 0.407 e. The molecule has 7 nitrogen and oxygen atoms in total. The van der Waals surface area contributed by atoms with E-state index in [0.717, 1.165) is 27.8 Å². The molecule has 2 atom stereocenters. The Hall–Kier alpha value is -3.98. The van der Waals surface area contributed by atoms with Crippen molar-refractivity contribution in [3.63, 3.8) is 0 Å². The molecule has 0 saturated heterocycles. The van der Waals surface area contributed by atoms with Crippen molar-refractivity contribution in [3.05, 3.63) is 83.9 Å². The van der Waals surface area contributed by atoms with Crippen LogP contribution in [-0.4, -0.2) is 42.0 Å². The second kappa shape index (κ2) is 16.0. The van der Waals surface area contributed by atoms with Gasteiger partial charge in [-0.25, -0.2) is 18.4 Å². The lowest BCUT2D eigenvalue weighted by Crippen LogP contribution is -2.46. The normalized spacial score (nSPS) is 13.2. The van der Waals surface area contributed by atoms with Gasteiger partial charge in [-0.2, -0.15) is 0 Å². The maximum absolute atomic E-state index is 13.7. The molecule has 3 rings (SSSR count). The number of amides is 2. The average Bonchev–Trinajstić information content (AvgIpc) is 2.93. The molecule has 0 heterocycles. The van der Waals surface area contributed by atoms with Gasteiger partial charge in [-0.3, -0.25) is 0 Å². The first-order chi connectivity index (χ1) is 21.5. The van der Waals surface area contributed by atoms with Crippen LogP contribution in [0.4, 0.5) is 18.4 Å². The van der Waals surface area contributed by atoms with Crippen LogP contribution in [0.5, 0.6) is 0 Å². The molecular weight excluding hydrogens is 588 g/mol. The Bertz CT molecular complexity index is 1370. The summed E-state index contributed by atoms with van der Waals surface area (Å²) in [6.07, 6.45) is 0.186. The Morgan fingerprint density at radius 2 is 1.13 bits per heavy atom. The molecule has 0 bridgehead atoms. The number of carbonyl (C=O) groups excluding carboxylic acids is 2. The molecule has 0 aliphatic carbocycles. The number of hydrogen-bond donors (Lipinski definition) is 3. The summed E-state index contributed by atoms with van der Waals surface area (Å²) < 4.78 is 38.3. The molecule has 3 N–H and O–H groups in total. The van der Waals surface area contributed by atoms with E-state index in [1.54, 1.807) is 24.3 Å². The van der Waals surface area contributed by atoms with Crippen molar-refractivity contribution in [1.82, 2.24) is 16.0 Å². The standard InChI is InChI=1S/C37H49F2N3O4/c1-24(2)33(42-35(44)46-37(6,7)8)18-17-32(41-34(43)45-36(3,4)5)23-40-22-25-19-28(26-9-13-30(38)14-10-26)21-29(20-25)27-11-15-31(39)16-12-27/h9-16,19-21,24,32-33,40H,17-18,22-23H2,1-8H3,(H,41,43)(H,42,44)/t32-,33?/m0/s1. The summed E-state index contributed by atoms with van der Waals surface area (Å²) in [7, 11) is 0. The Kier molecular flexibility index (Phi) is 12.7. The molecule has 9 heteroatoms. The Morgan fingerprint density at radius 3 is 1.57 bits per heavy atom. The zero-order valence-corrected chi connectivity index (χ0v) is 28.3. The molecule has 0 fully saturated rings. The maximum atomic E-state index is 13.7. The molecule has 0 aliphatic heterocycles. The third-order valence-corrected chi connectivity index (χ3v) is 7.12. The van der Waals surface area contributed by atoms with Crippen LogP contribution in [-0.2, 0) is 16.0 Å². The Morgan fingerprint density at radius 1 is 0.674 bits per heavy atom. The second-order valence-electron chi connectivity index (χ2n) is 14.0. The summed E-state index contributed by atoms with van der Waals surface area (Å²) in [6.45, 7) is 15.9. The van der Waals surface area contributed by atoms with Gasteiger partial charge < -0.3 is 25.4 Å². The lowest BCUT2D eigenvalue weighted by Gasteiger charge is -2.28. The van der Waals surface area contributed by atoms with E-state index in [-0.39, 0.29) is 29.6 Å². The maximum Gasteiger partial charge on any atom is 0.407 e. The molecule has 0 spiro atoms. The quantitative estimate of drug-likeness (QED) is 0.185. The third-order valence-electron chi connectivity index (χ3n) is 7.12. The van der Waals surface area contributed by atoms with E-state index in [1.165, 1.54) is 24.3 Å². The average molecular weight is 638 g/mol. The van der Waals surface area contributed by atoms with Crippen LogP contribution in [0.3, 0.4) is 0 Å². The fraction of sp³-hybridized carbons (Fsp3) is 0.459. The van der Waals surface area contributed by atoms with E-state index < -0.39 is 23.4 Å². The fourth-order valence-electron chi connectivity index (χ4n) is 4.91. The largest absolute Gasteiger partial charge is 0.444 e. The van der Waals surface area contributed by atoms with Crippen LogP contribution < -0.4 is 16.0 Å². The summed E-state index contributed by atoms with van der Waals surface area (Å²) in [5.74, 6) is -0.489. The van der Waals surface area contributed by atoms with Crippen LogP contribution in [0, 0.1) is 17.6 Å². The lowest BCUT2D eigenvalue weighted by molar-refractivity contribution is 0.0463. The van der Waals surface area contributed by atoms with Crippen LogP contribution in [0.15, 0.2) is 66.7 Å². The van der Waals surface area contributed by atoms with Gasteiger partial charge in [0.25, 0.3) is 0 Å². The molecule has 2 amide bonds. The van der Waals surface area contributed by atoms with Crippen molar-refractivity contribution < 1.29 is 27.8 Å². The summed E-state index contributed by atoms with van der Waals surface area (Å²) in [5.41, 5.74) is 3.20. The monoisotopic (exact) mass is 637 g/mol. The molecule has 46 heavy (non-hydrogen) atoms. The number of carbonyl (C=O) groups is 2. The van der Waals surface area contributed by atoms with E-state index >= 15 is 0 Å². The molecule has 3 aromatic rings. The summed E-state index contributed by atoms with van der Waals surface area (Å²) in [6, 6.07) is 18.2. The number of ether oxygens (including phenoxy) is 2. The molecule has 0 saturated carbocycles. The molecule has 0 aromatic heterocycles. The number of hydrogen-bond acceptors (Lipinski definition) is 5. The van der Waals surface area contributed by atoms with Gasteiger partial charge in [0.1, 0.15) is 22.8 Å². The van der Waals surface area contributed by atoms with Gasteiger partial charge in [-0.1, -0.05) is 38.1 Å². The highest BCUT2D eigenvalue weighted by molar-refractivity contribution is 5.74. The first-order valence-electron chi connectivity index (χ1n) is 15.8. The molecule has 3 aromatic carbocycles. The Balaban J connectivity index is 1.78. The minimum Gasteiger partial charge on any atom is -0.444 e. The summed E-state index contributed by atoms with van der Waals surface area (Å²) in [5, 5.41) is 9.44. The molecular formula is C37H49F2N3O4. The van der Waals surface area contributed by atoms with E-state index in [1.807, 2.05) is 73.6 Å². The number of nitrogens with one attached hydrogen (secondary N) is 3. The van der Waals surface area contributed by atoms with Crippen LogP contribution in [0.1, 0.15) is 73.8 Å². The van der Waals surface area contributed by atoms with Crippen LogP contribution in [0.2, 0.25) is 0 Å². The lowest BCUT2D eigenvalue weighted by atomic mass is 9.95. The Labute approximate surface area is 272 Å². The van der Waals surface area contributed by atoms with Crippen LogP contribution in [0.25, 0.3) is 22.3 Å². The first-order valence-corrected chi connectivity index (χ1v) is 15.8. The third kappa shape index (κ3) is 12.8. The van der Waals surface area contributed by atoms with Crippen molar-refractivity contribution in [3.8, 4) is 22.3 Å². The molecule has 0 aliphatic rings. The van der Waals surface area contributed by atoms with E-state index in [0.29, 0.717) is 25.9 Å². The highest BCUT2D eigenvalue weighted by atomic mass is 19.1. The SMILES string of the molecule is CC(C)C(CC[C@@H](CNCc1cc(-c2ccc(F)cc2)cc(-c2ccc(F)cc2)c1)NC(=O)OC(C)(C)C)NC(=O)OC(C)(C)C. The van der Waals surface area contributed by atoms with Crippen molar-refractivity contribution in [2.45, 2.75) is 98.1 Å². The second-order valence-corrected chi connectivity index (χ2v) is 14.0. The predicted molar refractivity (Wildman–Crippen MR) is 179 cm³/mol. The molecule has 1 unspecified atom stereocenters. The first kappa shape index (κ1) is 36.5. The fourth-order valence-corrected chi connectivity index (χ4v) is 4.91. The van der Waals surface area contributed by atoms with Crippen molar-refractivity contribution >= 4 is 12.2 Å². The highest BCUT2D eigenvalue weighted by Crippen LogP contribution is 2.29. The van der Waals surface area contributed by atoms with Crippen molar-refractivity contribution in [1.29, 1.82) is 0 Å². The predicted octanol–water partition coefficient (Wildman–Crippen LogP) is 8.61. The summed E-state index contributed by atoms with van der Waals surface area (Å²) >= 11 is 0. The van der Waals surface area contributed by atoms with Gasteiger partial charge in [-0.15, -0.1) is 0 Å². The number of rotatable bonds is 12. The highest BCUT2D eigenvalue weighted by Gasteiger charge is 2.24. The van der Waals surface area contributed by atoms with E-state index in [2.05, 4.69) is 16.0 Å². The minimum atomic E-state index is -0.654. The van der Waals surface area contributed by atoms with Gasteiger partial charge in [0.2, 0.25) is 0 Å². The number of alkyl carbamates (subject to hydrolysis) is 2. The van der Waals surface area contributed by atoms with E-state index in [4.69, 9.17) is 9.47 Å². The van der Waals surface area contributed by atoms with E-state index in [9.17, 15) is 18.4 Å². The van der Waals surface area contributed by atoms with Gasteiger partial charge in [0, 0.05) is 25.2 Å².